The lowest BCUT2D eigenvalue weighted by atomic mass is 9.68. The number of hydrogen-bond donors (Lipinski definition) is 0. The molecule has 74 heavy (non-hydrogen) atoms. The summed E-state index contributed by atoms with van der Waals surface area (Å²) in [5.41, 5.74) is 19.8. The average molecular weight is 940 g/mol. The number of hydrogen-bond acceptors (Lipinski definition) is 1. The molecule has 0 saturated carbocycles. The molecule has 0 bridgehead atoms. The molecular formula is C73H49N. The third-order valence-electron chi connectivity index (χ3n) is 15.5. The third-order valence-corrected chi connectivity index (χ3v) is 15.5. The standard InChI is InChI=1S/C73H49N/c1-6-25-50(26-7-1)56-47-48-68(61-38-18-16-36-58(56)61)74(69-44-24-42-66-72(69)63-40-20-22-41-65(63)73(66,54-31-12-4-13-32-54)55-33-14-5-15-34-55)67-43-23-21-35-57(67)53-45-46-60-59-37-17-19-39-62(59)70(51-27-8-2-9-28-51)71(64(60)49-53)52-29-10-3-11-30-52/h1-49H. The van der Waals surface area contributed by atoms with Crippen molar-refractivity contribution in [2.45, 2.75) is 5.41 Å². The van der Waals surface area contributed by atoms with Crippen LogP contribution < -0.4 is 4.90 Å². The summed E-state index contributed by atoms with van der Waals surface area (Å²) >= 11 is 0. The summed E-state index contributed by atoms with van der Waals surface area (Å²) in [5, 5.41) is 7.31. The number of rotatable bonds is 9. The summed E-state index contributed by atoms with van der Waals surface area (Å²) in [7, 11) is 0. The Morgan fingerprint density at radius 2 is 0.689 bits per heavy atom. The van der Waals surface area contributed by atoms with Crippen molar-refractivity contribution in [3.63, 3.8) is 0 Å². The largest absolute Gasteiger partial charge is 0.309 e. The van der Waals surface area contributed by atoms with Crippen molar-refractivity contribution in [3.8, 4) is 55.6 Å². The van der Waals surface area contributed by atoms with Gasteiger partial charge in [-0.1, -0.05) is 273 Å². The van der Waals surface area contributed by atoms with Crippen LogP contribution in [0.15, 0.2) is 297 Å². The summed E-state index contributed by atoms with van der Waals surface area (Å²) in [6.45, 7) is 0. The molecule has 0 aliphatic heterocycles. The van der Waals surface area contributed by atoms with Gasteiger partial charge in [0.1, 0.15) is 0 Å². The number of benzene rings is 13. The molecule has 0 aromatic heterocycles. The number of anilines is 3. The van der Waals surface area contributed by atoms with E-state index in [1.807, 2.05) is 0 Å². The van der Waals surface area contributed by atoms with Crippen molar-refractivity contribution in [2.75, 3.05) is 4.90 Å². The molecule has 0 saturated heterocycles. The van der Waals surface area contributed by atoms with Crippen LogP contribution >= 0.6 is 0 Å². The smallest absolute Gasteiger partial charge is 0.0714 e. The molecule has 346 valence electrons. The quantitative estimate of drug-likeness (QED) is 0.130. The van der Waals surface area contributed by atoms with Gasteiger partial charge in [-0.25, -0.2) is 0 Å². The Balaban J connectivity index is 1.08. The molecule has 13 aromatic carbocycles. The summed E-state index contributed by atoms with van der Waals surface area (Å²) in [4.78, 5) is 2.58. The predicted octanol–water partition coefficient (Wildman–Crippen LogP) is 19.6. The number of para-hydroxylation sites is 1. The van der Waals surface area contributed by atoms with Gasteiger partial charge in [-0.3, -0.25) is 0 Å². The summed E-state index contributed by atoms with van der Waals surface area (Å²) in [6.07, 6.45) is 0. The highest BCUT2D eigenvalue weighted by Crippen LogP contribution is 2.60. The fraction of sp³-hybridized carbons (Fsp3) is 0.0137. The van der Waals surface area contributed by atoms with Crippen LogP contribution in [-0.2, 0) is 5.41 Å². The molecular weight excluding hydrogens is 891 g/mol. The van der Waals surface area contributed by atoms with Gasteiger partial charge in [0.15, 0.2) is 0 Å². The lowest BCUT2D eigenvalue weighted by molar-refractivity contribution is 0.768. The van der Waals surface area contributed by atoms with Gasteiger partial charge >= 0.3 is 0 Å². The zero-order valence-electron chi connectivity index (χ0n) is 40.7. The van der Waals surface area contributed by atoms with E-state index in [4.69, 9.17) is 0 Å². The van der Waals surface area contributed by atoms with Gasteiger partial charge in [0.2, 0.25) is 0 Å². The highest BCUT2D eigenvalue weighted by Gasteiger charge is 2.47. The minimum atomic E-state index is -0.569. The zero-order chi connectivity index (χ0) is 49.0. The molecule has 1 aliphatic carbocycles. The van der Waals surface area contributed by atoms with Gasteiger partial charge in [-0.15, -0.1) is 0 Å². The maximum absolute atomic E-state index is 2.58. The summed E-state index contributed by atoms with van der Waals surface area (Å²) in [6, 6.07) is 110. The maximum atomic E-state index is 2.58. The van der Waals surface area contributed by atoms with Crippen LogP contribution in [0.5, 0.6) is 0 Å². The third kappa shape index (κ3) is 6.78. The van der Waals surface area contributed by atoms with Crippen molar-refractivity contribution in [1.82, 2.24) is 0 Å². The second kappa shape index (κ2) is 17.9. The Hall–Kier alpha value is -9.56. The van der Waals surface area contributed by atoms with Gasteiger partial charge in [-0.05, 0) is 118 Å². The first-order chi connectivity index (χ1) is 36.8. The van der Waals surface area contributed by atoms with Gasteiger partial charge in [0.05, 0.1) is 22.5 Å². The topological polar surface area (TPSA) is 3.24 Å². The van der Waals surface area contributed by atoms with E-state index in [2.05, 4.69) is 302 Å². The van der Waals surface area contributed by atoms with Crippen molar-refractivity contribution in [1.29, 1.82) is 0 Å². The minimum Gasteiger partial charge on any atom is -0.309 e. The molecule has 0 radical (unpaired) electrons. The first-order valence-electron chi connectivity index (χ1n) is 25.7. The Morgan fingerprint density at radius 3 is 1.35 bits per heavy atom. The first-order valence-corrected chi connectivity index (χ1v) is 25.7. The van der Waals surface area contributed by atoms with E-state index in [0.717, 1.165) is 28.2 Å². The molecule has 13 aromatic rings. The molecule has 0 amide bonds. The van der Waals surface area contributed by atoms with Crippen LogP contribution in [0, 0.1) is 0 Å². The van der Waals surface area contributed by atoms with Crippen LogP contribution in [0.2, 0.25) is 0 Å². The van der Waals surface area contributed by atoms with Crippen LogP contribution in [-0.4, -0.2) is 0 Å². The average Bonchev–Trinajstić information content (AvgIpc) is 3.88. The molecule has 0 fully saturated rings. The van der Waals surface area contributed by atoms with Crippen LogP contribution in [0.1, 0.15) is 22.3 Å². The lowest BCUT2D eigenvalue weighted by Gasteiger charge is -2.35. The second-order valence-corrected chi connectivity index (χ2v) is 19.4. The van der Waals surface area contributed by atoms with E-state index in [-0.39, 0.29) is 0 Å². The Labute approximate surface area is 432 Å². The van der Waals surface area contributed by atoms with E-state index < -0.39 is 5.41 Å². The zero-order valence-corrected chi connectivity index (χ0v) is 40.7. The van der Waals surface area contributed by atoms with Crippen molar-refractivity contribution < 1.29 is 0 Å². The number of fused-ring (bicyclic) bond motifs is 7. The van der Waals surface area contributed by atoms with Gasteiger partial charge in [0, 0.05) is 16.5 Å². The molecule has 0 heterocycles. The van der Waals surface area contributed by atoms with Crippen molar-refractivity contribution in [3.05, 3.63) is 320 Å². The Morgan fingerprint density at radius 1 is 0.216 bits per heavy atom. The van der Waals surface area contributed by atoms with E-state index in [1.54, 1.807) is 0 Å². The van der Waals surface area contributed by atoms with E-state index in [9.17, 15) is 0 Å². The van der Waals surface area contributed by atoms with Crippen LogP contribution in [0.25, 0.3) is 88.0 Å². The highest BCUT2D eigenvalue weighted by molar-refractivity contribution is 6.22. The van der Waals surface area contributed by atoms with Crippen LogP contribution in [0.3, 0.4) is 0 Å². The van der Waals surface area contributed by atoms with E-state index in [1.165, 1.54) is 99.1 Å². The Kier molecular flexibility index (Phi) is 10.5. The van der Waals surface area contributed by atoms with Crippen molar-refractivity contribution >= 4 is 49.4 Å². The number of nitrogens with zero attached hydrogens (tertiary/aromatic N) is 1. The molecule has 1 heteroatoms. The predicted molar refractivity (Wildman–Crippen MR) is 313 cm³/mol. The highest BCUT2D eigenvalue weighted by atomic mass is 15.1. The molecule has 1 aliphatic rings. The molecule has 14 rings (SSSR count). The monoisotopic (exact) mass is 939 g/mol. The maximum Gasteiger partial charge on any atom is 0.0714 e. The molecule has 0 atom stereocenters. The van der Waals surface area contributed by atoms with E-state index >= 15 is 0 Å². The minimum absolute atomic E-state index is 0.569. The van der Waals surface area contributed by atoms with Gasteiger partial charge < -0.3 is 4.90 Å². The normalized spacial score (nSPS) is 12.4. The molecule has 1 nitrogen and oxygen atoms in total. The molecule has 0 spiro atoms. The summed E-state index contributed by atoms with van der Waals surface area (Å²) < 4.78 is 0. The SMILES string of the molecule is c1ccc(-c2ccc(N(c3ccccc3-c3ccc4c(c3)c(-c3ccccc3)c(-c3ccccc3)c3ccccc34)c3cccc4c3-c3ccccc3C4(c3ccccc3)c3ccccc3)c3ccccc23)cc1. The molecule has 0 N–H and O–H groups in total. The summed E-state index contributed by atoms with van der Waals surface area (Å²) in [5.74, 6) is 0. The fourth-order valence-electron chi connectivity index (χ4n) is 12.5. The van der Waals surface area contributed by atoms with Gasteiger partial charge in [-0.2, -0.15) is 0 Å². The second-order valence-electron chi connectivity index (χ2n) is 19.4. The fourth-order valence-corrected chi connectivity index (χ4v) is 12.5. The first kappa shape index (κ1) is 43.2. The van der Waals surface area contributed by atoms with Crippen molar-refractivity contribution in [2.24, 2.45) is 0 Å². The van der Waals surface area contributed by atoms with E-state index in [0.29, 0.717) is 0 Å². The molecule has 0 unspecified atom stereocenters. The lowest BCUT2D eigenvalue weighted by Crippen LogP contribution is -2.28. The Bertz CT molecular complexity index is 4180. The van der Waals surface area contributed by atoms with Gasteiger partial charge in [0.25, 0.3) is 0 Å². The van der Waals surface area contributed by atoms with Crippen LogP contribution in [0.4, 0.5) is 17.1 Å².